The summed E-state index contributed by atoms with van der Waals surface area (Å²) in [5, 5.41) is 8.04. The van der Waals surface area contributed by atoms with Crippen LogP contribution >= 0.6 is 0 Å². The monoisotopic (exact) mass is 251 g/mol. The van der Waals surface area contributed by atoms with E-state index in [9.17, 15) is 4.79 Å². The zero-order chi connectivity index (χ0) is 13.4. The van der Waals surface area contributed by atoms with Crippen LogP contribution in [0, 0.1) is 6.92 Å². The van der Waals surface area contributed by atoms with E-state index in [0.29, 0.717) is 0 Å². The maximum atomic E-state index is 11.3. The molecule has 0 aliphatic carbocycles. The molecule has 0 amide bonds. The lowest BCUT2D eigenvalue weighted by Gasteiger charge is -2.02. The summed E-state index contributed by atoms with van der Waals surface area (Å²) in [6.45, 7) is 3.51. The second-order valence-corrected chi connectivity index (χ2v) is 4.56. The quantitative estimate of drug-likeness (QED) is 0.712. The molecule has 4 nitrogen and oxygen atoms in total. The first-order valence-corrected chi connectivity index (χ1v) is 6.07. The molecule has 0 aliphatic rings. The lowest BCUT2D eigenvalue weighted by atomic mass is 10.0. The standard InChI is InChI=1S/C15H13N3O/c1-9-14-7-13(8-16-15(14)18-17-9)12-5-3-11(4-6-12)10(2)19/h3-8H,1-2H3,(H,16,17,18). The van der Waals surface area contributed by atoms with Crippen molar-refractivity contribution in [2.45, 2.75) is 13.8 Å². The van der Waals surface area contributed by atoms with E-state index < -0.39 is 0 Å². The third-order valence-corrected chi connectivity index (χ3v) is 3.23. The fourth-order valence-corrected chi connectivity index (χ4v) is 2.08. The van der Waals surface area contributed by atoms with Gasteiger partial charge in [-0.25, -0.2) is 4.98 Å². The van der Waals surface area contributed by atoms with Crippen molar-refractivity contribution in [2.75, 3.05) is 0 Å². The molecular formula is C15H13N3O. The molecule has 1 N–H and O–H groups in total. The summed E-state index contributed by atoms with van der Waals surface area (Å²) in [5.74, 6) is 0.0748. The van der Waals surface area contributed by atoms with E-state index >= 15 is 0 Å². The highest BCUT2D eigenvalue weighted by Crippen LogP contribution is 2.23. The molecule has 2 aromatic heterocycles. The predicted molar refractivity (Wildman–Crippen MR) is 74.1 cm³/mol. The Balaban J connectivity index is 2.08. The number of nitrogens with one attached hydrogen (secondary N) is 1. The van der Waals surface area contributed by atoms with Gasteiger partial charge in [-0.1, -0.05) is 24.3 Å². The Morgan fingerprint density at radius 1 is 1.16 bits per heavy atom. The molecule has 1 aromatic carbocycles. The molecule has 0 saturated heterocycles. The predicted octanol–water partition coefficient (Wildman–Crippen LogP) is 3.14. The van der Waals surface area contributed by atoms with Crippen LogP contribution < -0.4 is 0 Å². The Morgan fingerprint density at radius 2 is 1.89 bits per heavy atom. The number of fused-ring (bicyclic) bond motifs is 1. The van der Waals surface area contributed by atoms with Gasteiger partial charge in [-0.15, -0.1) is 0 Å². The van der Waals surface area contributed by atoms with Gasteiger partial charge in [0.25, 0.3) is 0 Å². The summed E-state index contributed by atoms with van der Waals surface area (Å²) in [7, 11) is 0. The van der Waals surface area contributed by atoms with E-state index in [2.05, 4.69) is 21.2 Å². The first-order chi connectivity index (χ1) is 9.15. The van der Waals surface area contributed by atoms with Crippen molar-refractivity contribution < 1.29 is 4.79 Å². The van der Waals surface area contributed by atoms with Gasteiger partial charge in [-0.3, -0.25) is 9.89 Å². The maximum Gasteiger partial charge on any atom is 0.159 e. The highest BCUT2D eigenvalue weighted by atomic mass is 16.1. The van der Waals surface area contributed by atoms with E-state index in [-0.39, 0.29) is 5.78 Å². The number of aryl methyl sites for hydroxylation is 1. The van der Waals surface area contributed by atoms with E-state index in [1.165, 1.54) is 0 Å². The van der Waals surface area contributed by atoms with Crippen LogP contribution in [-0.2, 0) is 0 Å². The Hall–Kier alpha value is -2.49. The Bertz CT molecular complexity index is 757. The molecule has 0 bridgehead atoms. The van der Waals surface area contributed by atoms with Gasteiger partial charge in [0.05, 0.1) is 5.69 Å². The fraction of sp³-hybridized carbons (Fsp3) is 0.133. The van der Waals surface area contributed by atoms with E-state index in [1.54, 1.807) is 6.92 Å². The average Bonchev–Trinajstić information content (AvgIpc) is 2.80. The van der Waals surface area contributed by atoms with Crippen LogP contribution in [0.2, 0.25) is 0 Å². The minimum absolute atomic E-state index is 0.0748. The first-order valence-electron chi connectivity index (χ1n) is 6.07. The number of H-pyrrole nitrogens is 1. The molecule has 94 valence electrons. The molecule has 2 heterocycles. The SMILES string of the molecule is CC(=O)c1ccc(-c2cnc3[nH]nc(C)c3c2)cc1. The van der Waals surface area contributed by atoms with Crippen LogP contribution in [0.1, 0.15) is 23.0 Å². The van der Waals surface area contributed by atoms with Gasteiger partial charge in [0.1, 0.15) is 0 Å². The summed E-state index contributed by atoms with van der Waals surface area (Å²) in [6.07, 6.45) is 1.81. The average molecular weight is 251 g/mol. The van der Waals surface area contributed by atoms with Crippen molar-refractivity contribution >= 4 is 16.8 Å². The number of carbonyl (C=O) groups excluding carboxylic acids is 1. The molecule has 19 heavy (non-hydrogen) atoms. The molecule has 0 atom stereocenters. The van der Waals surface area contributed by atoms with Crippen molar-refractivity contribution in [3.8, 4) is 11.1 Å². The number of pyridine rings is 1. The third-order valence-electron chi connectivity index (χ3n) is 3.23. The highest BCUT2D eigenvalue weighted by Gasteiger charge is 2.06. The molecule has 0 unspecified atom stereocenters. The summed E-state index contributed by atoms with van der Waals surface area (Å²) >= 11 is 0. The van der Waals surface area contributed by atoms with Crippen molar-refractivity contribution in [1.82, 2.24) is 15.2 Å². The number of carbonyl (C=O) groups is 1. The van der Waals surface area contributed by atoms with E-state index in [4.69, 9.17) is 0 Å². The maximum absolute atomic E-state index is 11.3. The zero-order valence-electron chi connectivity index (χ0n) is 10.8. The van der Waals surface area contributed by atoms with Crippen LogP contribution in [0.25, 0.3) is 22.2 Å². The molecule has 0 radical (unpaired) electrons. The normalized spacial score (nSPS) is 10.8. The van der Waals surface area contributed by atoms with Crippen LogP contribution in [0.5, 0.6) is 0 Å². The van der Waals surface area contributed by atoms with Crippen molar-refractivity contribution in [3.63, 3.8) is 0 Å². The number of benzene rings is 1. The van der Waals surface area contributed by atoms with Crippen LogP contribution in [0.3, 0.4) is 0 Å². The molecule has 0 spiro atoms. The fourth-order valence-electron chi connectivity index (χ4n) is 2.08. The Morgan fingerprint density at radius 3 is 2.58 bits per heavy atom. The number of hydrogen-bond donors (Lipinski definition) is 1. The summed E-state index contributed by atoms with van der Waals surface area (Å²) in [5.41, 5.74) is 4.51. The molecule has 3 aromatic rings. The minimum atomic E-state index is 0.0748. The topological polar surface area (TPSA) is 58.6 Å². The summed E-state index contributed by atoms with van der Waals surface area (Å²) in [6, 6.07) is 9.61. The second kappa shape index (κ2) is 4.31. The van der Waals surface area contributed by atoms with Gasteiger partial charge in [0.2, 0.25) is 0 Å². The largest absolute Gasteiger partial charge is 0.295 e. The molecule has 4 heteroatoms. The molecule has 0 fully saturated rings. The highest BCUT2D eigenvalue weighted by molar-refractivity contribution is 5.94. The van der Waals surface area contributed by atoms with Crippen LogP contribution in [0.4, 0.5) is 0 Å². The smallest absolute Gasteiger partial charge is 0.159 e. The number of rotatable bonds is 2. The number of hydrogen-bond acceptors (Lipinski definition) is 3. The first kappa shape index (κ1) is 11.6. The van der Waals surface area contributed by atoms with E-state index in [1.807, 2.05) is 37.4 Å². The summed E-state index contributed by atoms with van der Waals surface area (Å²) in [4.78, 5) is 15.6. The molecule has 0 saturated carbocycles. The molecular weight excluding hydrogens is 238 g/mol. The number of ketones is 1. The van der Waals surface area contributed by atoms with Gasteiger partial charge in [0, 0.05) is 22.7 Å². The van der Waals surface area contributed by atoms with Crippen molar-refractivity contribution in [1.29, 1.82) is 0 Å². The zero-order valence-corrected chi connectivity index (χ0v) is 10.8. The van der Waals surface area contributed by atoms with Crippen molar-refractivity contribution in [3.05, 3.63) is 47.8 Å². The van der Waals surface area contributed by atoms with Gasteiger partial charge in [0.15, 0.2) is 11.4 Å². The Labute approximate surface area is 110 Å². The lowest BCUT2D eigenvalue weighted by Crippen LogP contribution is -1.91. The second-order valence-electron chi connectivity index (χ2n) is 4.56. The number of nitrogens with zero attached hydrogens (tertiary/aromatic N) is 2. The minimum Gasteiger partial charge on any atom is -0.295 e. The number of aromatic nitrogens is 3. The Kier molecular flexibility index (Phi) is 2.63. The molecule has 3 rings (SSSR count). The summed E-state index contributed by atoms with van der Waals surface area (Å²) < 4.78 is 0. The van der Waals surface area contributed by atoms with Gasteiger partial charge in [-0.05, 0) is 25.5 Å². The van der Waals surface area contributed by atoms with Crippen molar-refractivity contribution in [2.24, 2.45) is 0 Å². The van der Waals surface area contributed by atoms with Crippen LogP contribution in [-0.4, -0.2) is 21.0 Å². The van der Waals surface area contributed by atoms with Crippen LogP contribution in [0.15, 0.2) is 36.5 Å². The number of aromatic amines is 1. The van der Waals surface area contributed by atoms with E-state index in [0.717, 1.165) is 33.4 Å². The molecule has 0 aliphatic heterocycles. The third kappa shape index (κ3) is 2.01. The van der Waals surface area contributed by atoms with Gasteiger partial charge >= 0.3 is 0 Å². The van der Waals surface area contributed by atoms with Gasteiger partial charge < -0.3 is 0 Å². The number of Topliss-reactive ketones (excluding diaryl/α,β-unsaturated/α-hetero) is 1. The lowest BCUT2D eigenvalue weighted by molar-refractivity contribution is 0.101. The van der Waals surface area contributed by atoms with Gasteiger partial charge in [-0.2, -0.15) is 5.10 Å².